The highest BCUT2D eigenvalue weighted by Gasteiger charge is 2.53. The standard InChI is InChI=1S/C24H42O18/c1-5-9(26)11(28)15(32)22(36-5)40-18-6(2)37-23(16(33)13(18)30)41-19-7(3)38-24(17(34)14(19)31)42-20-12(29)10(27)8(4-25)39-21(20)35/h5-35H,4H2,1-3H3/t5-,6-,7-,8+,9-,10+,11+,12-,13-,14-,15+,16+,17+,18-,19-,20+,21?,22-,23-,24-/m0/s1. The number of ether oxygens (including phenoxy) is 7. The maximum absolute atomic E-state index is 10.8. The molecule has 0 aromatic rings. The Morgan fingerprint density at radius 1 is 0.429 bits per heavy atom. The van der Waals surface area contributed by atoms with Gasteiger partial charge in [0.15, 0.2) is 25.2 Å². The van der Waals surface area contributed by atoms with E-state index in [0.29, 0.717) is 0 Å². The van der Waals surface area contributed by atoms with Crippen LogP contribution in [-0.4, -0.2) is 186 Å². The Bertz CT molecular complexity index is 869. The summed E-state index contributed by atoms with van der Waals surface area (Å²) in [6, 6.07) is 0. The van der Waals surface area contributed by atoms with Gasteiger partial charge < -0.3 is 89.3 Å². The molecule has 20 atom stereocenters. The van der Waals surface area contributed by atoms with Crippen molar-refractivity contribution in [3.63, 3.8) is 0 Å². The van der Waals surface area contributed by atoms with Gasteiger partial charge in [-0.3, -0.25) is 0 Å². The van der Waals surface area contributed by atoms with Gasteiger partial charge in [0.1, 0.15) is 79.4 Å². The van der Waals surface area contributed by atoms with Crippen LogP contribution in [0.1, 0.15) is 20.8 Å². The van der Waals surface area contributed by atoms with Gasteiger partial charge in [0.05, 0.1) is 24.9 Å². The first-order chi connectivity index (χ1) is 19.7. The van der Waals surface area contributed by atoms with E-state index in [2.05, 4.69) is 0 Å². The van der Waals surface area contributed by atoms with Crippen LogP contribution >= 0.6 is 0 Å². The normalized spacial score (nSPS) is 55.9. The van der Waals surface area contributed by atoms with E-state index in [1.807, 2.05) is 0 Å². The molecule has 1 unspecified atom stereocenters. The van der Waals surface area contributed by atoms with Crippen molar-refractivity contribution < 1.29 is 89.3 Å². The van der Waals surface area contributed by atoms with Gasteiger partial charge in [-0.25, -0.2) is 0 Å². The van der Waals surface area contributed by atoms with Crippen LogP contribution in [0.3, 0.4) is 0 Å². The maximum atomic E-state index is 10.8. The molecule has 0 amide bonds. The molecule has 0 aromatic heterocycles. The first-order valence-electron chi connectivity index (χ1n) is 13.7. The lowest BCUT2D eigenvalue weighted by Gasteiger charge is -2.48. The minimum atomic E-state index is -1.84. The molecular formula is C24H42O18. The van der Waals surface area contributed by atoms with Gasteiger partial charge in [-0.05, 0) is 20.8 Å². The van der Waals surface area contributed by atoms with Crippen molar-refractivity contribution >= 4 is 0 Å². The predicted molar refractivity (Wildman–Crippen MR) is 130 cm³/mol. The molecule has 4 aliphatic rings. The Hall–Kier alpha value is -0.720. The second-order valence-electron chi connectivity index (χ2n) is 11.1. The summed E-state index contributed by atoms with van der Waals surface area (Å²) in [6.07, 6.45) is -30.2. The van der Waals surface area contributed by atoms with Crippen molar-refractivity contribution in [2.75, 3.05) is 6.61 Å². The van der Waals surface area contributed by atoms with E-state index in [0.717, 1.165) is 0 Å². The van der Waals surface area contributed by atoms with Crippen LogP contribution in [0.25, 0.3) is 0 Å². The van der Waals surface area contributed by atoms with E-state index in [9.17, 15) is 56.2 Å². The van der Waals surface area contributed by atoms with Crippen molar-refractivity contribution in [2.24, 2.45) is 0 Å². The Morgan fingerprint density at radius 3 is 1.26 bits per heavy atom. The van der Waals surface area contributed by atoms with Crippen molar-refractivity contribution in [3.8, 4) is 0 Å². The molecule has 0 radical (unpaired) electrons. The zero-order valence-electron chi connectivity index (χ0n) is 23.0. The minimum absolute atomic E-state index is 0.697. The lowest BCUT2D eigenvalue weighted by atomic mass is 9.96. The molecule has 0 aromatic carbocycles. The second kappa shape index (κ2) is 13.7. The molecule has 0 saturated carbocycles. The summed E-state index contributed by atoms with van der Waals surface area (Å²) in [5, 5.41) is 113. The summed E-state index contributed by atoms with van der Waals surface area (Å²) in [7, 11) is 0. The molecule has 4 rings (SSSR count). The Kier molecular flexibility index (Phi) is 11.2. The molecule has 4 aliphatic heterocycles. The lowest BCUT2D eigenvalue weighted by Crippen LogP contribution is -2.66. The second-order valence-corrected chi connectivity index (χ2v) is 11.1. The third kappa shape index (κ3) is 6.62. The molecule has 18 nitrogen and oxygen atoms in total. The summed E-state index contributed by atoms with van der Waals surface area (Å²) in [5.41, 5.74) is 0. The summed E-state index contributed by atoms with van der Waals surface area (Å²) in [4.78, 5) is 0. The van der Waals surface area contributed by atoms with Gasteiger partial charge in [0.2, 0.25) is 0 Å². The van der Waals surface area contributed by atoms with E-state index < -0.39 is 129 Å². The molecule has 4 fully saturated rings. The van der Waals surface area contributed by atoms with Crippen molar-refractivity contribution in [1.82, 2.24) is 0 Å². The largest absolute Gasteiger partial charge is 0.394 e. The highest BCUT2D eigenvalue weighted by atomic mass is 16.8. The maximum Gasteiger partial charge on any atom is 0.187 e. The van der Waals surface area contributed by atoms with Crippen LogP contribution < -0.4 is 0 Å². The van der Waals surface area contributed by atoms with E-state index in [4.69, 9.17) is 33.2 Å². The van der Waals surface area contributed by atoms with Crippen LogP contribution in [0.15, 0.2) is 0 Å². The molecule has 18 heteroatoms. The third-order valence-corrected chi connectivity index (χ3v) is 8.08. The van der Waals surface area contributed by atoms with E-state index in [1.54, 1.807) is 0 Å². The van der Waals surface area contributed by atoms with Crippen LogP contribution in [0.2, 0.25) is 0 Å². The Labute approximate surface area is 240 Å². The van der Waals surface area contributed by atoms with Gasteiger partial charge in [-0.1, -0.05) is 0 Å². The third-order valence-electron chi connectivity index (χ3n) is 8.08. The topological polar surface area (TPSA) is 287 Å². The summed E-state index contributed by atoms with van der Waals surface area (Å²) in [5.74, 6) is 0. The number of aliphatic hydroxyl groups is 11. The lowest BCUT2D eigenvalue weighted by molar-refractivity contribution is -0.384. The number of hydrogen-bond acceptors (Lipinski definition) is 18. The van der Waals surface area contributed by atoms with Gasteiger partial charge >= 0.3 is 0 Å². The monoisotopic (exact) mass is 618 g/mol. The fraction of sp³-hybridized carbons (Fsp3) is 1.00. The fourth-order valence-electron chi connectivity index (χ4n) is 5.42. The smallest absolute Gasteiger partial charge is 0.187 e. The molecule has 246 valence electrons. The highest BCUT2D eigenvalue weighted by Crippen LogP contribution is 2.33. The van der Waals surface area contributed by atoms with Crippen LogP contribution in [-0.2, 0) is 33.2 Å². The predicted octanol–water partition coefficient (Wildman–Crippen LogP) is -6.67. The molecule has 0 spiro atoms. The van der Waals surface area contributed by atoms with E-state index >= 15 is 0 Å². The van der Waals surface area contributed by atoms with Crippen molar-refractivity contribution in [3.05, 3.63) is 0 Å². The van der Waals surface area contributed by atoms with E-state index in [1.165, 1.54) is 20.8 Å². The minimum Gasteiger partial charge on any atom is -0.394 e. The first-order valence-corrected chi connectivity index (χ1v) is 13.7. The molecular weight excluding hydrogens is 576 g/mol. The molecule has 4 saturated heterocycles. The Balaban J connectivity index is 1.36. The van der Waals surface area contributed by atoms with Crippen LogP contribution in [0.4, 0.5) is 0 Å². The van der Waals surface area contributed by atoms with Gasteiger partial charge in [0.25, 0.3) is 0 Å². The SMILES string of the molecule is C[C@@H]1O[C@@H](O[C@@H]2[C@@H](O)[C@@H](O)[C@H](O[C@@H]3[C@@H](O)[C@@H](O)[C@H](O[C@H]4C(O)O[C@H](CO)[C@@H](O)[C@@H]4O)O[C@H]3C)O[C@H]2C)[C@H](O)[C@H](O)[C@H]1O. The van der Waals surface area contributed by atoms with Crippen LogP contribution in [0.5, 0.6) is 0 Å². The number of rotatable bonds is 7. The van der Waals surface area contributed by atoms with E-state index in [-0.39, 0.29) is 0 Å². The summed E-state index contributed by atoms with van der Waals surface area (Å²) in [6.45, 7) is 3.62. The average Bonchev–Trinajstić information content (AvgIpc) is 2.95. The van der Waals surface area contributed by atoms with Crippen molar-refractivity contribution in [2.45, 2.75) is 144 Å². The van der Waals surface area contributed by atoms with Crippen LogP contribution in [0, 0.1) is 0 Å². The molecule has 42 heavy (non-hydrogen) atoms. The van der Waals surface area contributed by atoms with Gasteiger partial charge in [-0.2, -0.15) is 0 Å². The zero-order chi connectivity index (χ0) is 31.2. The summed E-state index contributed by atoms with van der Waals surface area (Å²) < 4.78 is 38.4. The number of aliphatic hydroxyl groups excluding tert-OH is 11. The van der Waals surface area contributed by atoms with Crippen molar-refractivity contribution in [1.29, 1.82) is 0 Å². The fourth-order valence-corrected chi connectivity index (χ4v) is 5.42. The summed E-state index contributed by atoms with van der Waals surface area (Å²) >= 11 is 0. The molecule has 11 N–H and O–H groups in total. The van der Waals surface area contributed by atoms with Gasteiger partial charge in [0, 0.05) is 0 Å². The molecule has 0 bridgehead atoms. The first kappa shape index (κ1) is 34.2. The highest BCUT2D eigenvalue weighted by molar-refractivity contribution is 4.96. The molecule has 0 aliphatic carbocycles. The average molecular weight is 619 g/mol. The molecule has 4 heterocycles. The van der Waals surface area contributed by atoms with Gasteiger partial charge in [-0.15, -0.1) is 0 Å². The Morgan fingerprint density at radius 2 is 0.810 bits per heavy atom. The zero-order valence-corrected chi connectivity index (χ0v) is 23.0. The quantitative estimate of drug-likeness (QED) is 0.126. The number of hydrogen-bond donors (Lipinski definition) is 11.